The monoisotopic (exact) mass is 465 g/mol. The van der Waals surface area contributed by atoms with E-state index >= 15 is 0 Å². The van der Waals surface area contributed by atoms with Crippen LogP contribution in [0.1, 0.15) is 27.3 Å². The van der Waals surface area contributed by atoms with Crippen LogP contribution in [0.2, 0.25) is 0 Å². The third kappa shape index (κ3) is 5.14. The Morgan fingerprint density at radius 2 is 1.84 bits per heavy atom. The van der Waals surface area contributed by atoms with Gasteiger partial charge in [0.25, 0.3) is 0 Å². The average Bonchev–Trinajstić information content (AvgIpc) is 3.28. The fourth-order valence-corrected chi connectivity index (χ4v) is 3.92. The lowest BCUT2D eigenvalue weighted by molar-refractivity contribution is 0.103. The molecule has 0 spiro atoms. The molecule has 1 N–H and O–H groups in total. The largest absolute Gasteiger partial charge is 0.490 e. The molecule has 3 rings (SSSR count). The zero-order chi connectivity index (χ0) is 24.2. The molecule has 0 amide bonds. The van der Waals surface area contributed by atoms with Gasteiger partial charge >= 0.3 is 5.69 Å². The summed E-state index contributed by atoms with van der Waals surface area (Å²) in [7, 11) is 0.707. The number of aliphatic hydroxyl groups is 1. The molecular formula is C20H27N5O6S. The summed E-state index contributed by atoms with van der Waals surface area (Å²) in [6, 6.07) is 2.83. The van der Waals surface area contributed by atoms with Gasteiger partial charge in [0.2, 0.25) is 0 Å². The summed E-state index contributed by atoms with van der Waals surface area (Å²) in [5.74, 6) is 0.354. The molecule has 0 fully saturated rings. The van der Waals surface area contributed by atoms with Crippen LogP contribution in [-0.2, 0) is 30.5 Å². The van der Waals surface area contributed by atoms with E-state index < -0.39 is 9.84 Å². The minimum Gasteiger partial charge on any atom is -0.490 e. The number of aliphatic hydroxyl groups excluding tert-OH is 1. The average molecular weight is 466 g/mol. The van der Waals surface area contributed by atoms with E-state index in [2.05, 4.69) is 10.2 Å². The number of rotatable bonds is 7. The molecule has 0 unspecified atom stereocenters. The maximum Gasteiger partial charge on any atom is 0.345 e. The SMILES string of the molecule is CO.Cc1c(C(=O)c2cnn(C)c2)ccc(S(C)(=O)=O)c1OCCn1nc(C)n(C)c1=O. The van der Waals surface area contributed by atoms with Crippen LogP contribution in [0.5, 0.6) is 5.75 Å². The third-order valence-electron chi connectivity index (χ3n) is 4.79. The van der Waals surface area contributed by atoms with E-state index in [0.717, 1.165) is 13.4 Å². The molecule has 0 saturated carbocycles. The van der Waals surface area contributed by atoms with Gasteiger partial charge in [0.1, 0.15) is 23.1 Å². The first-order valence-electron chi connectivity index (χ1n) is 9.55. The number of sulfone groups is 1. The number of carbonyl (C=O) groups excluding carboxylic acids is 1. The van der Waals surface area contributed by atoms with Crippen molar-refractivity contribution in [3.8, 4) is 5.75 Å². The van der Waals surface area contributed by atoms with Crippen LogP contribution in [0.4, 0.5) is 0 Å². The molecule has 2 heterocycles. The number of benzene rings is 1. The first-order chi connectivity index (χ1) is 15.0. The highest BCUT2D eigenvalue weighted by atomic mass is 32.2. The van der Waals surface area contributed by atoms with Gasteiger partial charge < -0.3 is 9.84 Å². The molecule has 0 aliphatic rings. The molecule has 0 saturated heterocycles. The highest BCUT2D eigenvalue weighted by Gasteiger charge is 2.23. The predicted molar refractivity (Wildman–Crippen MR) is 117 cm³/mol. The number of ether oxygens (including phenoxy) is 1. The molecule has 32 heavy (non-hydrogen) atoms. The Balaban J connectivity index is 0.00000176. The van der Waals surface area contributed by atoms with E-state index in [1.807, 2.05) is 0 Å². The van der Waals surface area contributed by atoms with Gasteiger partial charge in [0.15, 0.2) is 15.6 Å². The molecule has 1 aromatic carbocycles. The number of aryl methyl sites for hydroxylation is 2. The lowest BCUT2D eigenvalue weighted by Crippen LogP contribution is -2.25. The second-order valence-electron chi connectivity index (χ2n) is 7.03. The Kier molecular flexibility index (Phi) is 7.75. The molecule has 0 aliphatic carbocycles. The summed E-state index contributed by atoms with van der Waals surface area (Å²) in [4.78, 5) is 24.9. The number of ketones is 1. The zero-order valence-electron chi connectivity index (χ0n) is 18.9. The van der Waals surface area contributed by atoms with Crippen LogP contribution in [-0.4, -0.2) is 63.4 Å². The summed E-state index contributed by atoms with van der Waals surface area (Å²) in [5.41, 5.74) is 0.804. The molecule has 0 bridgehead atoms. The molecule has 174 valence electrons. The van der Waals surface area contributed by atoms with Crippen molar-refractivity contribution >= 4 is 15.6 Å². The Hall–Kier alpha value is -3.25. The van der Waals surface area contributed by atoms with E-state index in [-0.39, 0.29) is 35.3 Å². The van der Waals surface area contributed by atoms with E-state index in [1.165, 1.54) is 32.3 Å². The standard InChI is InChI=1S/C19H23N5O5S.CH4O/c1-12-15(17(25)14-10-20-22(3)11-14)6-7-16(30(5,27)28)18(12)29-9-8-24-19(26)23(4)13(2)21-24;1-2/h6-7,10-11H,8-9H2,1-5H3;2H,1H3. The second kappa shape index (κ2) is 9.92. The summed E-state index contributed by atoms with van der Waals surface area (Å²) >= 11 is 0. The van der Waals surface area contributed by atoms with E-state index in [1.54, 1.807) is 34.1 Å². The molecule has 0 radical (unpaired) electrons. The normalized spacial score (nSPS) is 11.1. The van der Waals surface area contributed by atoms with Crippen LogP contribution in [0.25, 0.3) is 0 Å². The van der Waals surface area contributed by atoms with Crippen molar-refractivity contribution in [1.29, 1.82) is 0 Å². The Labute approximate surface area is 185 Å². The molecule has 11 nitrogen and oxygen atoms in total. The summed E-state index contributed by atoms with van der Waals surface area (Å²) < 4.78 is 34.4. The first kappa shape index (κ1) is 25.0. The first-order valence-corrected chi connectivity index (χ1v) is 11.4. The molecule has 0 aliphatic heterocycles. The van der Waals surface area contributed by atoms with Crippen LogP contribution >= 0.6 is 0 Å². The van der Waals surface area contributed by atoms with Gasteiger partial charge in [-0.05, 0) is 26.0 Å². The molecule has 0 atom stereocenters. The van der Waals surface area contributed by atoms with Crippen molar-refractivity contribution in [2.75, 3.05) is 20.0 Å². The van der Waals surface area contributed by atoms with Gasteiger partial charge in [-0.2, -0.15) is 10.2 Å². The smallest absolute Gasteiger partial charge is 0.345 e. The Bertz CT molecular complexity index is 1290. The lowest BCUT2D eigenvalue weighted by atomic mass is 10.0. The Morgan fingerprint density at radius 3 is 2.34 bits per heavy atom. The van der Waals surface area contributed by atoms with Crippen LogP contribution in [0, 0.1) is 13.8 Å². The van der Waals surface area contributed by atoms with Crippen molar-refractivity contribution in [3.63, 3.8) is 0 Å². The maximum atomic E-state index is 12.9. The quantitative estimate of drug-likeness (QED) is 0.490. The van der Waals surface area contributed by atoms with Crippen molar-refractivity contribution in [3.05, 3.63) is 57.5 Å². The van der Waals surface area contributed by atoms with Crippen molar-refractivity contribution in [1.82, 2.24) is 24.1 Å². The second-order valence-corrected chi connectivity index (χ2v) is 9.01. The zero-order valence-corrected chi connectivity index (χ0v) is 19.7. The van der Waals surface area contributed by atoms with Crippen molar-refractivity contribution in [2.45, 2.75) is 25.3 Å². The fourth-order valence-electron chi connectivity index (χ4n) is 3.05. The number of hydrogen-bond acceptors (Lipinski definition) is 8. The van der Waals surface area contributed by atoms with E-state index in [9.17, 15) is 18.0 Å². The van der Waals surface area contributed by atoms with Gasteiger partial charge in [0.05, 0.1) is 18.3 Å². The predicted octanol–water partition coefficient (Wildman–Crippen LogP) is 0.254. The number of aromatic nitrogens is 5. The van der Waals surface area contributed by atoms with Gasteiger partial charge in [-0.25, -0.2) is 17.9 Å². The van der Waals surface area contributed by atoms with Gasteiger partial charge in [0, 0.05) is 44.8 Å². The van der Waals surface area contributed by atoms with Crippen LogP contribution in [0.3, 0.4) is 0 Å². The van der Waals surface area contributed by atoms with Crippen molar-refractivity contribution in [2.24, 2.45) is 14.1 Å². The molecular weight excluding hydrogens is 438 g/mol. The molecule has 12 heteroatoms. The van der Waals surface area contributed by atoms with Crippen LogP contribution < -0.4 is 10.4 Å². The maximum absolute atomic E-state index is 12.9. The van der Waals surface area contributed by atoms with E-state index in [4.69, 9.17) is 9.84 Å². The molecule has 2 aromatic heterocycles. The van der Waals surface area contributed by atoms with Gasteiger partial charge in [-0.3, -0.25) is 14.0 Å². The summed E-state index contributed by atoms with van der Waals surface area (Å²) in [5, 5.41) is 15.1. The number of hydrogen-bond donors (Lipinski definition) is 1. The topological polar surface area (TPSA) is 138 Å². The minimum absolute atomic E-state index is 0.00422. The Morgan fingerprint density at radius 1 is 1.19 bits per heavy atom. The third-order valence-corrected chi connectivity index (χ3v) is 5.91. The van der Waals surface area contributed by atoms with Gasteiger partial charge in [-0.1, -0.05) is 0 Å². The number of carbonyl (C=O) groups is 1. The van der Waals surface area contributed by atoms with Crippen LogP contribution in [0.15, 0.2) is 34.2 Å². The van der Waals surface area contributed by atoms with Gasteiger partial charge in [-0.15, -0.1) is 0 Å². The summed E-state index contributed by atoms with van der Waals surface area (Å²) in [6.45, 7) is 3.47. The highest BCUT2D eigenvalue weighted by Crippen LogP contribution is 2.31. The number of nitrogens with zero attached hydrogens (tertiary/aromatic N) is 5. The van der Waals surface area contributed by atoms with Crippen molar-refractivity contribution < 1.29 is 23.1 Å². The summed E-state index contributed by atoms with van der Waals surface area (Å²) in [6.07, 6.45) is 4.11. The fraction of sp³-hybridized carbons (Fsp3) is 0.400. The molecule has 3 aromatic rings. The lowest BCUT2D eigenvalue weighted by Gasteiger charge is -2.15. The minimum atomic E-state index is -3.61. The highest BCUT2D eigenvalue weighted by molar-refractivity contribution is 7.90. The van der Waals surface area contributed by atoms with E-state index in [0.29, 0.717) is 22.5 Å².